The lowest BCUT2D eigenvalue weighted by Gasteiger charge is -2.26. The van der Waals surface area contributed by atoms with Gasteiger partial charge < -0.3 is 10.1 Å². The Morgan fingerprint density at radius 3 is 2.75 bits per heavy atom. The van der Waals surface area contributed by atoms with Gasteiger partial charge in [-0.2, -0.15) is 0 Å². The van der Waals surface area contributed by atoms with Crippen LogP contribution in [0.2, 0.25) is 0 Å². The van der Waals surface area contributed by atoms with Crippen LogP contribution >= 0.6 is 0 Å². The number of nitrogens with one attached hydrogen (secondary N) is 1. The van der Waals surface area contributed by atoms with Gasteiger partial charge in [-0.15, -0.1) is 0 Å². The molecule has 0 saturated carbocycles. The highest BCUT2D eigenvalue weighted by molar-refractivity contribution is 5.36. The summed E-state index contributed by atoms with van der Waals surface area (Å²) in [4.78, 5) is 0. The summed E-state index contributed by atoms with van der Waals surface area (Å²) in [7, 11) is 0. The molecule has 1 aromatic rings. The number of rotatable bonds is 3. The summed E-state index contributed by atoms with van der Waals surface area (Å²) in [6, 6.07) is 8.87. The lowest BCUT2D eigenvalue weighted by molar-refractivity contribution is 0.236. The van der Waals surface area contributed by atoms with Crippen LogP contribution < -0.4 is 10.1 Å². The van der Waals surface area contributed by atoms with Gasteiger partial charge in [0.05, 0.1) is 6.10 Å². The molecule has 0 aromatic heterocycles. The lowest BCUT2D eigenvalue weighted by atomic mass is 9.97. The summed E-state index contributed by atoms with van der Waals surface area (Å²) in [6.45, 7) is 5.27. The fourth-order valence-electron chi connectivity index (χ4n) is 2.25. The fourth-order valence-corrected chi connectivity index (χ4v) is 2.25. The van der Waals surface area contributed by atoms with E-state index in [-0.39, 0.29) is 6.10 Å². The molecule has 0 amide bonds. The van der Waals surface area contributed by atoms with Crippen molar-refractivity contribution in [3.8, 4) is 5.75 Å². The molecule has 1 saturated heterocycles. The van der Waals surface area contributed by atoms with E-state index in [2.05, 4.69) is 37.4 Å². The van der Waals surface area contributed by atoms with Crippen molar-refractivity contribution in [1.82, 2.24) is 5.32 Å². The number of piperidine rings is 1. The fraction of sp³-hybridized carbons (Fsp3) is 0.571. The molecule has 2 nitrogen and oxygen atoms in total. The van der Waals surface area contributed by atoms with Crippen LogP contribution in [0.15, 0.2) is 24.3 Å². The Morgan fingerprint density at radius 1 is 1.25 bits per heavy atom. The Labute approximate surface area is 98.0 Å². The third-order valence-electron chi connectivity index (χ3n) is 2.97. The largest absolute Gasteiger partial charge is 0.491 e. The van der Waals surface area contributed by atoms with Gasteiger partial charge in [-0.05, 0) is 39.3 Å². The topological polar surface area (TPSA) is 21.3 Å². The second-order valence-corrected chi connectivity index (χ2v) is 4.71. The normalized spacial score (nSPS) is 21.1. The molecule has 0 spiro atoms. The maximum Gasteiger partial charge on any atom is 0.124 e. The van der Waals surface area contributed by atoms with Gasteiger partial charge in [-0.25, -0.2) is 0 Å². The Bertz CT molecular complexity index is 329. The molecule has 1 atom stereocenters. The van der Waals surface area contributed by atoms with E-state index in [9.17, 15) is 0 Å². The van der Waals surface area contributed by atoms with Crippen LogP contribution in [0.25, 0.3) is 0 Å². The van der Waals surface area contributed by atoms with Gasteiger partial charge in [-0.3, -0.25) is 0 Å². The smallest absolute Gasteiger partial charge is 0.124 e. The molecule has 1 N–H and O–H groups in total. The molecule has 1 aliphatic heterocycles. The Kier molecular flexibility index (Phi) is 3.83. The van der Waals surface area contributed by atoms with Crippen molar-refractivity contribution in [3.05, 3.63) is 29.8 Å². The summed E-state index contributed by atoms with van der Waals surface area (Å²) in [5.74, 6) is 1.04. The van der Waals surface area contributed by atoms with Crippen molar-refractivity contribution in [2.24, 2.45) is 0 Å². The lowest BCUT2D eigenvalue weighted by Crippen LogP contribution is -2.27. The van der Waals surface area contributed by atoms with E-state index in [1.807, 2.05) is 6.07 Å². The van der Waals surface area contributed by atoms with Crippen LogP contribution in [0.4, 0.5) is 0 Å². The monoisotopic (exact) mass is 219 g/mol. The van der Waals surface area contributed by atoms with E-state index < -0.39 is 0 Å². The molecular formula is C14H21NO. The van der Waals surface area contributed by atoms with E-state index in [1.54, 1.807) is 0 Å². The van der Waals surface area contributed by atoms with E-state index >= 15 is 0 Å². The van der Waals surface area contributed by atoms with Crippen molar-refractivity contribution in [2.45, 2.75) is 45.3 Å². The number of hydrogen-bond acceptors (Lipinski definition) is 2. The third kappa shape index (κ3) is 2.76. The van der Waals surface area contributed by atoms with Gasteiger partial charge in [0.25, 0.3) is 0 Å². The summed E-state index contributed by atoms with van der Waals surface area (Å²) in [5, 5.41) is 3.57. The van der Waals surface area contributed by atoms with Crippen molar-refractivity contribution < 1.29 is 4.74 Å². The molecule has 0 bridgehead atoms. The van der Waals surface area contributed by atoms with E-state index in [0.29, 0.717) is 6.04 Å². The van der Waals surface area contributed by atoms with Crippen molar-refractivity contribution >= 4 is 0 Å². The van der Waals surface area contributed by atoms with Crippen LogP contribution in [0, 0.1) is 0 Å². The maximum absolute atomic E-state index is 5.86. The van der Waals surface area contributed by atoms with Crippen LogP contribution in [-0.4, -0.2) is 12.6 Å². The molecule has 0 unspecified atom stereocenters. The van der Waals surface area contributed by atoms with Crippen molar-refractivity contribution in [3.63, 3.8) is 0 Å². The average Bonchev–Trinajstić information content (AvgIpc) is 2.30. The SMILES string of the molecule is CC(C)Oc1ccccc1[C@H]1CCCCN1. The van der Waals surface area contributed by atoms with E-state index in [0.717, 1.165) is 12.3 Å². The zero-order chi connectivity index (χ0) is 11.4. The summed E-state index contributed by atoms with van der Waals surface area (Å²) >= 11 is 0. The highest BCUT2D eigenvalue weighted by Gasteiger charge is 2.18. The minimum Gasteiger partial charge on any atom is -0.491 e. The second kappa shape index (κ2) is 5.35. The molecule has 0 aliphatic carbocycles. The van der Waals surface area contributed by atoms with Gasteiger partial charge in [0.2, 0.25) is 0 Å². The van der Waals surface area contributed by atoms with Gasteiger partial charge in [0, 0.05) is 11.6 Å². The Hall–Kier alpha value is -1.02. The summed E-state index contributed by atoms with van der Waals surface area (Å²) < 4.78 is 5.86. The van der Waals surface area contributed by atoms with Gasteiger partial charge in [0.15, 0.2) is 0 Å². The first-order chi connectivity index (χ1) is 7.77. The summed E-state index contributed by atoms with van der Waals surface area (Å²) in [6.07, 6.45) is 4.07. The first-order valence-corrected chi connectivity index (χ1v) is 6.26. The zero-order valence-corrected chi connectivity index (χ0v) is 10.2. The molecule has 1 heterocycles. The predicted octanol–water partition coefficient (Wildman–Crippen LogP) is 3.29. The number of hydrogen-bond donors (Lipinski definition) is 1. The predicted molar refractivity (Wildman–Crippen MR) is 66.8 cm³/mol. The van der Waals surface area contributed by atoms with Crippen LogP contribution in [0.5, 0.6) is 5.75 Å². The molecule has 0 radical (unpaired) electrons. The average molecular weight is 219 g/mol. The molecule has 2 heteroatoms. The van der Waals surface area contributed by atoms with Crippen LogP contribution in [-0.2, 0) is 0 Å². The van der Waals surface area contributed by atoms with E-state index in [1.165, 1.54) is 24.8 Å². The van der Waals surface area contributed by atoms with Gasteiger partial charge >= 0.3 is 0 Å². The van der Waals surface area contributed by atoms with Crippen LogP contribution in [0.1, 0.15) is 44.7 Å². The van der Waals surface area contributed by atoms with Gasteiger partial charge in [0.1, 0.15) is 5.75 Å². The number of benzene rings is 1. The third-order valence-corrected chi connectivity index (χ3v) is 2.97. The standard InChI is InChI=1S/C14H21NO/c1-11(2)16-14-9-4-3-7-12(14)13-8-5-6-10-15-13/h3-4,7,9,11,13,15H,5-6,8,10H2,1-2H3/t13-/m1/s1. The Balaban J connectivity index is 2.17. The molecule has 16 heavy (non-hydrogen) atoms. The minimum atomic E-state index is 0.241. The minimum absolute atomic E-state index is 0.241. The maximum atomic E-state index is 5.86. The molecular weight excluding hydrogens is 198 g/mol. The van der Waals surface area contributed by atoms with E-state index in [4.69, 9.17) is 4.74 Å². The number of para-hydroxylation sites is 1. The second-order valence-electron chi connectivity index (χ2n) is 4.71. The summed E-state index contributed by atoms with van der Waals surface area (Å²) in [5.41, 5.74) is 1.32. The molecule has 88 valence electrons. The molecule has 1 fully saturated rings. The zero-order valence-electron chi connectivity index (χ0n) is 10.2. The number of ether oxygens (including phenoxy) is 1. The van der Waals surface area contributed by atoms with Gasteiger partial charge in [-0.1, -0.05) is 24.6 Å². The molecule has 1 aliphatic rings. The molecule has 1 aromatic carbocycles. The quantitative estimate of drug-likeness (QED) is 0.842. The van der Waals surface area contributed by atoms with Crippen molar-refractivity contribution in [1.29, 1.82) is 0 Å². The highest BCUT2D eigenvalue weighted by atomic mass is 16.5. The first-order valence-electron chi connectivity index (χ1n) is 6.26. The molecule has 2 rings (SSSR count). The first kappa shape index (κ1) is 11.5. The van der Waals surface area contributed by atoms with Crippen LogP contribution in [0.3, 0.4) is 0 Å². The highest BCUT2D eigenvalue weighted by Crippen LogP contribution is 2.30. The Morgan fingerprint density at radius 2 is 2.06 bits per heavy atom. The van der Waals surface area contributed by atoms with Crippen molar-refractivity contribution in [2.75, 3.05) is 6.54 Å².